The number of nitrogens with one attached hydrogen (secondary N) is 2. The lowest BCUT2D eigenvalue weighted by atomic mass is 10.00. The van der Waals surface area contributed by atoms with Gasteiger partial charge in [0.2, 0.25) is 0 Å². The lowest BCUT2D eigenvalue weighted by molar-refractivity contribution is 0.387. The Kier molecular flexibility index (Phi) is 4.70. The summed E-state index contributed by atoms with van der Waals surface area (Å²) in [6.45, 7) is 3.24. The van der Waals surface area contributed by atoms with Gasteiger partial charge in [-0.25, -0.2) is 0 Å². The van der Waals surface area contributed by atoms with Crippen LogP contribution in [0, 0.1) is 5.92 Å². The second kappa shape index (κ2) is 6.50. The van der Waals surface area contributed by atoms with Crippen molar-refractivity contribution < 1.29 is 9.47 Å². The normalized spacial score (nSPS) is 19.3. The smallest absolute Gasteiger partial charge is 0.145 e. The van der Waals surface area contributed by atoms with Crippen LogP contribution in [0.4, 0.5) is 5.69 Å². The average Bonchev–Trinajstić information content (AvgIpc) is 2.46. The molecule has 0 bridgehead atoms. The molecular weight excluding hydrogens is 228 g/mol. The summed E-state index contributed by atoms with van der Waals surface area (Å²) in [5.74, 6) is 2.35. The second-order valence-corrected chi connectivity index (χ2v) is 4.66. The molecule has 1 aliphatic rings. The van der Waals surface area contributed by atoms with Crippen LogP contribution < -0.4 is 20.1 Å². The molecule has 4 nitrogen and oxygen atoms in total. The quantitative estimate of drug-likeness (QED) is 0.840. The van der Waals surface area contributed by atoms with Gasteiger partial charge >= 0.3 is 0 Å². The maximum atomic E-state index is 5.37. The number of methoxy groups -OCH3 is 2. The molecule has 4 heteroatoms. The third-order valence-electron chi connectivity index (χ3n) is 3.39. The number of benzene rings is 1. The predicted octanol–water partition coefficient (Wildman–Crippen LogP) is 2.12. The first-order valence-electron chi connectivity index (χ1n) is 6.50. The van der Waals surface area contributed by atoms with Crippen LogP contribution in [0.2, 0.25) is 0 Å². The first-order valence-corrected chi connectivity index (χ1v) is 6.50. The van der Waals surface area contributed by atoms with E-state index in [1.165, 1.54) is 12.8 Å². The third-order valence-corrected chi connectivity index (χ3v) is 3.39. The first-order chi connectivity index (χ1) is 8.83. The van der Waals surface area contributed by atoms with E-state index in [4.69, 9.17) is 9.47 Å². The molecule has 0 aromatic heterocycles. The first kappa shape index (κ1) is 13.0. The summed E-state index contributed by atoms with van der Waals surface area (Å²) in [6, 6.07) is 5.86. The highest BCUT2D eigenvalue weighted by atomic mass is 16.5. The van der Waals surface area contributed by atoms with Crippen molar-refractivity contribution in [3.8, 4) is 11.5 Å². The Morgan fingerprint density at radius 2 is 2.22 bits per heavy atom. The van der Waals surface area contributed by atoms with Gasteiger partial charge in [0.15, 0.2) is 0 Å². The molecule has 1 aromatic rings. The van der Waals surface area contributed by atoms with Crippen LogP contribution in [0.25, 0.3) is 0 Å². The van der Waals surface area contributed by atoms with E-state index in [1.54, 1.807) is 14.2 Å². The molecule has 2 rings (SSSR count). The monoisotopic (exact) mass is 250 g/mol. The highest BCUT2D eigenvalue weighted by Gasteiger charge is 2.13. The van der Waals surface area contributed by atoms with Crippen molar-refractivity contribution in [3.63, 3.8) is 0 Å². The minimum absolute atomic E-state index is 0.700. The molecular formula is C14H22N2O2. The Morgan fingerprint density at radius 1 is 1.33 bits per heavy atom. The number of hydrogen-bond acceptors (Lipinski definition) is 4. The number of rotatable bonds is 5. The molecule has 1 saturated heterocycles. The molecule has 0 saturated carbocycles. The van der Waals surface area contributed by atoms with Gasteiger partial charge in [-0.2, -0.15) is 0 Å². The molecule has 1 aromatic carbocycles. The molecule has 0 aliphatic carbocycles. The lowest BCUT2D eigenvalue weighted by Crippen LogP contribution is -2.33. The van der Waals surface area contributed by atoms with Gasteiger partial charge in [0.1, 0.15) is 11.5 Å². The van der Waals surface area contributed by atoms with Crippen LogP contribution >= 0.6 is 0 Å². The highest BCUT2D eigenvalue weighted by Crippen LogP contribution is 2.29. The van der Waals surface area contributed by atoms with Crippen molar-refractivity contribution in [1.82, 2.24) is 5.32 Å². The zero-order chi connectivity index (χ0) is 12.8. The van der Waals surface area contributed by atoms with Crippen LogP contribution in [0.1, 0.15) is 12.8 Å². The van der Waals surface area contributed by atoms with E-state index in [9.17, 15) is 0 Å². The van der Waals surface area contributed by atoms with Crippen molar-refractivity contribution >= 4 is 5.69 Å². The fraction of sp³-hybridized carbons (Fsp3) is 0.571. The number of ether oxygens (including phenoxy) is 2. The number of piperidine rings is 1. The van der Waals surface area contributed by atoms with E-state index >= 15 is 0 Å². The fourth-order valence-electron chi connectivity index (χ4n) is 2.30. The SMILES string of the molecule is COc1ccc(NCC2CCCNC2)c(OC)c1. The van der Waals surface area contributed by atoms with Crippen LogP contribution in [0.3, 0.4) is 0 Å². The Labute approximate surface area is 109 Å². The van der Waals surface area contributed by atoms with Crippen LogP contribution in [0.15, 0.2) is 18.2 Å². The molecule has 1 unspecified atom stereocenters. The Bertz CT molecular complexity index is 376. The fourth-order valence-corrected chi connectivity index (χ4v) is 2.30. The number of anilines is 1. The highest BCUT2D eigenvalue weighted by molar-refractivity contribution is 5.59. The van der Waals surface area contributed by atoms with Gasteiger partial charge in [0.05, 0.1) is 19.9 Å². The summed E-state index contributed by atoms with van der Waals surface area (Å²) in [4.78, 5) is 0. The van der Waals surface area contributed by atoms with E-state index < -0.39 is 0 Å². The zero-order valence-electron chi connectivity index (χ0n) is 11.2. The molecule has 0 spiro atoms. The predicted molar refractivity (Wildman–Crippen MR) is 73.6 cm³/mol. The van der Waals surface area contributed by atoms with Gasteiger partial charge in [-0.1, -0.05) is 0 Å². The van der Waals surface area contributed by atoms with E-state index in [0.29, 0.717) is 5.92 Å². The van der Waals surface area contributed by atoms with Crippen LogP contribution in [-0.2, 0) is 0 Å². The Balaban J connectivity index is 1.95. The standard InChI is InChI=1S/C14H22N2O2/c1-17-12-5-6-13(14(8-12)18-2)16-10-11-4-3-7-15-9-11/h5-6,8,11,15-16H,3-4,7,9-10H2,1-2H3. The van der Waals surface area contributed by atoms with Gasteiger partial charge in [0, 0.05) is 12.6 Å². The maximum absolute atomic E-state index is 5.37. The van der Waals surface area contributed by atoms with E-state index in [0.717, 1.165) is 36.8 Å². The van der Waals surface area contributed by atoms with Crippen molar-refractivity contribution in [1.29, 1.82) is 0 Å². The van der Waals surface area contributed by atoms with Gasteiger partial charge in [-0.15, -0.1) is 0 Å². The van der Waals surface area contributed by atoms with Gasteiger partial charge < -0.3 is 20.1 Å². The molecule has 1 fully saturated rings. The largest absolute Gasteiger partial charge is 0.497 e. The molecule has 18 heavy (non-hydrogen) atoms. The summed E-state index contributed by atoms with van der Waals surface area (Å²) in [5.41, 5.74) is 1.03. The number of hydrogen-bond donors (Lipinski definition) is 2. The molecule has 0 amide bonds. The summed E-state index contributed by atoms with van der Waals surface area (Å²) >= 11 is 0. The Morgan fingerprint density at radius 3 is 2.89 bits per heavy atom. The lowest BCUT2D eigenvalue weighted by Gasteiger charge is -2.23. The second-order valence-electron chi connectivity index (χ2n) is 4.66. The molecule has 2 N–H and O–H groups in total. The van der Waals surface area contributed by atoms with Crippen molar-refractivity contribution in [2.24, 2.45) is 5.92 Å². The van der Waals surface area contributed by atoms with Crippen molar-refractivity contribution in [2.45, 2.75) is 12.8 Å². The summed E-state index contributed by atoms with van der Waals surface area (Å²) in [5, 5.41) is 6.89. The van der Waals surface area contributed by atoms with Gasteiger partial charge in [-0.3, -0.25) is 0 Å². The molecule has 0 radical (unpaired) electrons. The molecule has 1 heterocycles. The van der Waals surface area contributed by atoms with Crippen LogP contribution in [0.5, 0.6) is 11.5 Å². The molecule has 100 valence electrons. The summed E-state index contributed by atoms with van der Waals surface area (Å²) in [6.07, 6.45) is 2.56. The molecule has 1 atom stereocenters. The topological polar surface area (TPSA) is 42.5 Å². The average molecular weight is 250 g/mol. The van der Waals surface area contributed by atoms with Gasteiger partial charge in [-0.05, 0) is 44.0 Å². The van der Waals surface area contributed by atoms with E-state index in [-0.39, 0.29) is 0 Å². The van der Waals surface area contributed by atoms with Gasteiger partial charge in [0.25, 0.3) is 0 Å². The van der Waals surface area contributed by atoms with Crippen LogP contribution in [-0.4, -0.2) is 33.9 Å². The molecule has 1 aliphatic heterocycles. The minimum atomic E-state index is 0.700. The van der Waals surface area contributed by atoms with Crippen molar-refractivity contribution in [2.75, 3.05) is 39.2 Å². The zero-order valence-corrected chi connectivity index (χ0v) is 11.2. The van der Waals surface area contributed by atoms with E-state index in [2.05, 4.69) is 10.6 Å². The maximum Gasteiger partial charge on any atom is 0.145 e. The Hall–Kier alpha value is -1.42. The van der Waals surface area contributed by atoms with Crippen molar-refractivity contribution in [3.05, 3.63) is 18.2 Å². The minimum Gasteiger partial charge on any atom is -0.497 e. The summed E-state index contributed by atoms with van der Waals surface area (Å²) < 4.78 is 10.6. The third kappa shape index (κ3) is 3.29. The van der Waals surface area contributed by atoms with E-state index in [1.807, 2.05) is 18.2 Å². The summed E-state index contributed by atoms with van der Waals surface area (Å²) in [7, 11) is 3.34.